The fraction of sp³-hybridized carbons (Fsp3) is 0.250. The van der Waals surface area contributed by atoms with Crippen molar-refractivity contribution in [3.05, 3.63) is 53.6 Å². The molecule has 8 heteroatoms. The van der Waals surface area contributed by atoms with Crippen LogP contribution in [0, 0.1) is 6.92 Å². The fourth-order valence-corrected chi connectivity index (χ4v) is 5.20. The van der Waals surface area contributed by atoms with E-state index in [1.54, 1.807) is 31.2 Å². The molecular weight excluding hydrogens is 348 g/mol. The summed E-state index contributed by atoms with van der Waals surface area (Å²) in [6, 6.07) is 10.6. The number of anilines is 1. The number of hydrogen-bond donors (Lipinski definition) is 1. The molecule has 2 N–H and O–H groups in total. The molecule has 0 unspecified atom stereocenters. The van der Waals surface area contributed by atoms with E-state index in [2.05, 4.69) is 0 Å². The molecule has 0 spiro atoms. The predicted octanol–water partition coefficient (Wildman–Crippen LogP) is 1.78. The molecule has 128 valence electrons. The minimum Gasteiger partial charge on any atom is -0.263 e. The van der Waals surface area contributed by atoms with Gasteiger partial charge in [-0.3, -0.25) is 4.31 Å². The van der Waals surface area contributed by atoms with Crippen LogP contribution >= 0.6 is 0 Å². The van der Waals surface area contributed by atoms with E-state index < -0.39 is 20.0 Å². The number of fused-ring (bicyclic) bond motifs is 1. The van der Waals surface area contributed by atoms with Crippen molar-refractivity contribution in [3.8, 4) is 0 Å². The number of sulfonamides is 2. The minimum absolute atomic E-state index is 0.0111. The van der Waals surface area contributed by atoms with Crippen LogP contribution in [0.2, 0.25) is 0 Å². The van der Waals surface area contributed by atoms with Gasteiger partial charge in [-0.05, 0) is 56.2 Å². The van der Waals surface area contributed by atoms with Gasteiger partial charge in [-0.15, -0.1) is 0 Å². The Morgan fingerprint density at radius 1 is 1.00 bits per heavy atom. The summed E-state index contributed by atoms with van der Waals surface area (Å²) in [6.45, 7) is 3.68. The predicted molar refractivity (Wildman–Crippen MR) is 91.8 cm³/mol. The van der Waals surface area contributed by atoms with Crippen LogP contribution in [0.25, 0.3) is 0 Å². The molecule has 0 bridgehead atoms. The Kier molecular flexibility index (Phi) is 3.94. The lowest BCUT2D eigenvalue weighted by molar-refractivity contribution is 0.584. The Morgan fingerprint density at radius 2 is 1.58 bits per heavy atom. The summed E-state index contributed by atoms with van der Waals surface area (Å²) in [6.07, 6.45) is 0.434. The van der Waals surface area contributed by atoms with Gasteiger partial charge < -0.3 is 0 Å². The van der Waals surface area contributed by atoms with E-state index in [0.29, 0.717) is 17.7 Å². The zero-order valence-electron chi connectivity index (χ0n) is 13.3. The topological polar surface area (TPSA) is 97.5 Å². The van der Waals surface area contributed by atoms with Gasteiger partial charge in [0, 0.05) is 6.04 Å². The Labute approximate surface area is 142 Å². The molecule has 1 heterocycles. The average Bonchev–Trinajstić information content (AvgIpc) is 2.82. The van der Waals surface area contributed by atoms with Crippen LogP contribution in [-0.4, -0.2) is 22.9 Å². The van der Waals surface area contributed by atoms with E-state index in [-0.39, 0.29) is 15.8 Å². The fourth-order valence-electron chi connectivity index (χ4n) is 2.95. The highest BCUT2D eigenvalue weighted by molar-refractivity contribution is 7.93. The third-order valence-electron chi connectivity index (χ3n) is 4.11. The molecule has 0 fully saturated rings. The number of rotatable bonds is 3. The van der Waals surface area contributed by atoms with E-state index in [1.807, 2.05) is 6.92 Å². The summed E-state index contributed by atoms with van der Waals surface area (Å²) in [5.41, 5.74) is 2.13. The van der Waals surface area contributed by atoms with Gasteiger partial charge in [-0.1, -0.05) is 17.7 Å². The number of nitrogens with two attached hydrogens (primary N) is 1. The lowest BCUT2D eigenvalue weighted by Gasteiger charge is -2.24. The van der Waals surface area contributed by atoms with E-state index in [1.165, 1.54) is 22.5 Å². The van der Waals surface area contributed by atoms with Crippen molar-refractivity contribution in [3.63, 3.8) is 0 Å². The first-order chi connectivity index (χ1) is 11.1. The van der Waals surface area contributed by atoms with Crippen molar-refractivity contribution >= 4 is 25.7 Å². The number of aryl methyl sites for hydroxylation is 1. The van der Waals surface area contributed by atoms with Crippen molar-refractivity contribution in [2.45, 2.75) is 36.1 Å². The lowest BCUT2D eigenvalue weighted by Crippen LogP contribution is -2.35. The molecule has 6 nitrogen and oxygen atoms in total. The van der Waals surface area contributed by atoms with Crippen LogP contribution in [0.15, 0.2) is 52.3 Å². The monoisotopic (exact) mass is 366 g/mol. The molecule has 1 atom stereocenters. The summed E-state index contributed by atoms with van der Waals surface area (Å²) >= 11 is 0. The first-order valence-corrected chi connectivity index (χ1v) is 10.4. The molecule has 0 saturated carbocycles. The van der Waals surface area contributed by atoms with Crippen LogP contribution in [-0.2, 0) is 26.5 Å². The van der Waals surface area contributed by atoms with Gasteiger partial charge in [0.15, 0.2) is 0 Å². The van der Waals surface area contributed by atoms with Crippen molar-refractivity contribution in [2.75, 3.05) is 4.31 Å². The highest BCUT2D eigenvalue weighted by atomic mass is 32.2. The number of benzene rings is 2. The molecule has 3 rings (SSSR count). The first-order valence-electron chi connectivity index (χ1n) is 7.37. The summed E-state index contributed by atoms with van der Waals surface area (Å²) in [5, 5.41) is 5.15. The molecular formula is C16H18N2O4S2. The van der Waals surface area contributed by atoms with Gasteiger partial charge in [0.25, 0.3) is 10.0 Å². The van der Waals surface area contributed by atoms with Gasteiger partial charge >= 0.3 is 0 Å². The molecule has 24 heavy (non-hydrogen) atoms. The van der Waals surface area contributed by atoms with Crippen LogP contribution < -0.4 is 9.44 Å². The van der Waals surface area contributed by atoms with Crippen LogP contribution in [0.4, 0.5) is 5.69 Å². The van der Waals surface area contributed by atoms with E-state index in [0.717, 1.165) is 5.56 Å². The second kappa shape index (κ2) is 5.58. The van der Waals surface area contributed by atoms with Crippen molar-refractivity contribution in [1.82, 2.24) is 0 Å². The van der Waals surface area contributed by atoms with Crippen molar-refractivity contribution < 1.29 is 16.8 Å². The Bertz CT molecular complexity index is 997. The molecule has 1 aliphatic heterocycles. The number of hydrogen-bond acceptors (Lipinski definition) is 4. The van der Waals surface area contributed by atoms with E-state index >= 15 is 0 Å². The average molecular weight is 366 g/mol. The Balaban J connectivity index is 2.10. The maximum Gasteiger partial charge on any atom is 0.264 e. The van der Waals surface area contributed by atoms with E-state index in [9.17, 15) is 16.8 Å². The Morgan fingerprint density at radius 3 is 2.17 bits per heavy atom. The Hall–Kier alpha value is -1.90. The van der Waals surface area contributed by atoms with Gasteiger partial charge in [0.2, 0.25) is 10.0 Å². The summed E-state index contributed by atoms with van der Waals surface area (Å²) in [5.74, 6) is 0. The second-order valence-electron chi connectivity index (χ2n) is 6.00. The quantitative estimate of drug-likeness (QED) is 0.895. The van der Waals surface area contributed by atoms with Crippen LogP contribution in [0.3, 0.4) is 0 Å². The van der Waals surface area contributed by atoms with Gasteiger partial charge in [0.1, 0.15) is 0 Å². The molecule has 2 aromatic carbocycles. The molecule has 2 aromatic rings. The molecule has 0 amide bonds. The van der Waals surface area contributed by atoms with Gasteiger partial charge in [-0.2, -0.15) is 0 Å². The normalized spacial score (nSPS) is 17.8. The van der Waals surface area contributed by atoms with E-state index in [4.69, 9.17) is 5.14 Å². The smallest absolute Gasteiger partial charge is 0.263 e. The summed E-state index contributed by atoms with van der Waals surface area (Å²) < 4.78 is 50.3. The molecule has 0 aromatic heterocycles. The van der Waals surface area contributed by atoms with Crippen molar-refractivity contribution in [2.24, 2.45) is 5.14 Å². The third-order valence-corrected chi connectivity index (χ3v) is 6.96. The van der Waals surface area contributed by atoms with Crippen LogP contribution in [0.5, 0.6) is 0 Å². The zero-order chi connectivity index (χ0) is 17.7. The second-order valence-corrected chi connectivity index (χ2v) is 9.38. The first kappa shape index (κ1) is 16.9. The minimum atomic E-state index is -3.82. The highest BCUT2D eigenvalue weighted by Crippen LogP contribution is 2.37. The number of nitrogens with zero attached hydrogens (tertiary/aromatic N) is 1. The lowest BCUT2D eigenvalue weighted by atomic mass is 10.1. The standard InChI is InChI=1S/C16H18N2O4S2/c1-11-3-5-14(6-4-11)24(21,22)18-12(2)9-13-10-15(23(17,19)20)7-8-16(13)18/h3-8,10,12H,9H2,1-2H3,(H2,17,19,20)/t12-/m1/s1. The molecule has 0 radical (unpaired) electrons. The third kappa shape index (κ3) is 2.81. The van der Waals surface area contributed by atoms with Gasteiger partial charge in [0.05, 0.1) is 15.5 Å². The molecule has 1 aliphatic rings. The maximum absolute atomic E-state index is 13.0. The van der Waals surface area contributed by atoms with Crippen LogP contribution in [0.1, 0.15) is 18.1 Å². The SMILES string of the molecule is Cc1ccc(S(=O)(=O)N2c3ccc(S(N)(=O)=O)cc3C[C@H]2C)cc1. The molecule has 0 aliphatic carbocycles. The van der Waals surface area contributed by atoms with Gasteiger partial charge in [-0.25, -0.2) is 22.0 Å². The number of primary sulfonamides is 1. The molecule has 0 saturated heterocycles. The highest BCUT2D eigenvalue weighted by Gasteiger charge is 2.36. The maximum atomic E-state index is 13.0. The van der Waals surface area contributed by atoms with Crippen molar-refractivity contribution in [1.29, 1.82) is 0 Å². The zero-order valence-corrected chi connectivity index (χ0v) is 14.9. The largest absolute Gasteiger partial charge is 0.264 e. The summed E-state index contributed by atoms with van der Waals surface area (Å²) in [7, 11) is -7.53. The summed E-state index contributed by atoms with van der Waals surface area (Å²) in [4.78, 5) is 0.200.